The molecular weight excluding hydrogens is 236 g/mol. The molecule has 1 aromatic heterocycles. The summed E-state index contributed by atoms with van der Waals surface area (Å²) < 4.78 is 2.04. The molecule has 4 nitrogen and oxygen atoms in total. The Morgan fingerprint density at radius 2 is 2.00 bits per heavy atom. The number of aryl methyl sites for hydroxylation is 2. The van der Waals surface area contributed by atoms with Crippen molar-refractivity contribution in [3.8, 4) is 0 Å². The van der Waals surface area contributed by atoms with Crippen LogP contribution in [0.5, 0.6) is 0 Å². The summed E-state index contributed by atoms with van der Waals surface area (Å²) >= 11 is 0. The van der Waals surface area contributed by atoms with Gasteiger partial charge in [-0.25, -0.2) is 0 Å². The molecule has 1 aliphatic heterocycles. The SMILES string of the molecule is CCC1(CC)CCN(c2c(CCN)c(C)nn2C)C1. The Morgan fingerprint density at radius 3 is 2.53 bits per heavy atom. The Kier molecular flexibility index (Phi) is 4.19. The van der Waals surface area contributed by atoms with Crippen molar-refractivity contribution in [3.63, 3.8) is 0 Å². The van der Waals surface area contributed by atoms with Crippen LogP contribution in [0.3, 0.4) is 0 Å². The van der Waals surface area contributed by atoms with E-state index in [1.165, 1.54) is 30.6 Å². The van der Waals surface area contributed by atoms with E-state index in [4.69, 9.17) is 5.73 Å². The highest BCUT2D eigenvalue weighted by Gasteiger charge is 2.36. The van der Waals surface area contributed by atoms with Gasteiger partial charge in [0, 0.05) is 25.7 Å². The van der Waals surface area contributed by atoms with E-state index in [1.807, 2.05) is 4.68 Å². The van der Waals surface area contributed by atoms with Gasteiger partial charge in [-0.05, 0) is 44.6 Å². The van der Waals surface area contributed by atoms with Crippen LogP contribution in [-0.4, -0.2) is 29.4 Å². The predicted octanol–water partition coefficient (Wildman–Crippen LogP) is 2.25. The molecular formula is C15H28N4. The zero-order valence-corrected chi connectivity index (χ0v) is 12.9. The van der Waals surface area contributed by atoms with Gasteiger partial charge in [0.25, 0.3) is 0 Å². The number of nitrogens with zero attached hydrogens (tertiary/aromatic N) is 3. The van der Waals surface area contributed by atoms with Crippen LogP contribution >= 0.6 is 0 Å². The van der Waals surface area contributed by atoms with Gasteiger partial charge in [-0.2, -0.15) is 5.10 Å². The van der Waals surface area contributed by atoms with Gasteiger partial charge in [-0.15, -0.1) is 0 Å². The van der Waals surface area contributed by atoms with Crippen molar-refractivity contribution in [2.75, 3.05) is 24.5 Å². The maximum atomic E-state index is 5.76. The third-order valence-corrected chi connectivity index (χ3v) is 4.95. The molecule has 0 unspecified atom stereocenters. The first-order valence-corrected chi connectivity index (χ1v) is 7.54. The number of aromatic nitrogens is 2. The Balaban J connectivity index is 2.28. The van der Waals surface area contributed by atoms with Crippen molar-refractivity contribution >= 4 is 5.82 Å². The molecule has 2 rings (SSSR count). The van der Waals surface area contributed by atoms with Gasteiger partial charge in [0.05, 0.1) is 5.69 Å². The second kappa shape index (κ2) is 5.53. The number of nitrogens with two attached hydrogens (primary N) is 1. The quantitative estimate of drug-likeness (QED) is 0.887. The van der Waals surface area contributed by atoms with Crippen LogP contribution in [0.15, 0.2) is 0 Å². The number of anilines is 1. The van der Waals surface area contributed by atoms with E-state index in [0.29, 0.717) is 12.0 Å². The van der Waals surface area contributed by atoms with Crippen LogP contribution < -0.4 is 10.6 Å². The highest BCUT2D eigenvalue weighted by atomic mass is 15.4. The molecule has 0 amide bonds. The monoisotopic (exact) mass is 264 g/mol. The van der Waals surface area contributed by atoms with Gasteiger partial charge in [-0.3, -0.25) is 4.68 Å². The fraction of sp³-hybridized carbons (Fsp3) is 0.800. The van der Waals surface area contributed by atoms with E-state index in [-0.39, 0.29) is 0 Å². The Bertz CT molecular complexity index is 432. The van der Waals surface area contributed by atoms with Gasteiger partial charge in [0.2, 0.25) is 0 Å². The summed E-state index contributed by atoms with van der Waals surface area (Å²) in [7, 11) is 2.06. The Morgan fingerprint density at radius 1 is 1.32 bits per heavy atom. The van der Waals surface area contributed by atoms with Gasteiger partial charge in [0.1, 0.15) is 5.82 Å². The van der Waals surface area contributed by atoms with Crippen molar-refractivity contribution in [2.45, 2.75) is 46.5 Å². The zero-order valence-electron chi connectivity index (χ0n) is 12.9. The average Bonchev–Trinajstić information content (AvgIpc) is 2.93. The van der Waals surface area contributed by atoms with Crippen molar-refractivity contribution in [1.29, 1.82) is 0 Å². The Hall–Kier alpha value is -1.03. The Labute approximate surface area is 117 Å². The van der Waals surface area contributed by atoms with E-state index >= 15 is 0 Å². The minimum absolute atomic E-state index is 0.498. The molecule has 2 heterocycles. The van der Waals surface area contributed by atoms with E-state index in [9.17, 15) is 0 Å². The minimum Gasteiger partial charge on any atom is -0.356 e. The zero-order chi connectivity index (χ0) is 14.0. The summed E-state index contributed by atoms with van der Waals surface area (Å²) in [4.78, 5) is 2.53. The summed E-state index contributed by atoms with van der Waals surface area (Å²) in [5, 5.41) is 4.59. The van der Waals surface area contributed by atoms with Crippen LogP contribution in [0.25, 0.3) is 0 Å². The maximum absolute atomic E-state index is 5.76. The smallest absolute Gasteiger partial charge is 0.130 e. The first-order chi connectivity index (χ1) is 9.06. The standard InChI is InChI=1S/C15H28N4/c1-5-15(6-2)8-10-19(11-15)14-13(7-9-16)12(3)17-18(14)4/h5-11,16H2,1-4H3. The molecule has 0 radical (unpaired) electrons. The molecule has 1 saturated heterocycles. The van der Waals surface area contributed by atoms with Crippen LogP contribution in [0.4, 0.5) is 5.82 Å². The van der Waals surface area contributed by atoms with Crippen molar-refractivity contribution in [2.24, 2.45) is 18.2 Å². The number of rotatable bonds is 5. The number of hydrogen-bond acceptors (Lipinski definition) is 3. The predicted molar refractivity (Wildman–Crippen MR) is 80.5 cm³/mol. The van der Waals surface area contributed by atoms with E-state index in [2.05, 4.69) is 37.8 Å². The molecule has 1 aliphatic rings. The van der Waals surface area contributed by atoms with Crippen molar-refractivity contribution < 1.29 is 0 Å². The van der Waals surface area contributed by atoms with Gasteiger partial charge in [0.15, 0.2) is 0 Å². The largest absolute Gasteiger partial charge is 0.356 e. The topological polar surface area (TPSA) is 47.1 Å². The lowest BCUT2D eigenvalue weighted by atomic mass is 9.82. The van der Waals surface area contributed by atoms with Crippen LogP contribution in [0, 0.1) is 12.3 Å². The van der Waals surface area contributed by atoms with Crippen molar-refractivity contribution in [1.82, 2.24) is 9.78 Å². The summed E-state index contributed by atoms with van der Waals surface area (Å²) in [5.41, 5.74) is 8.73. The molecule has 0 saturated carbocycles. The maximum Gasteiger partial charge on any atom is 0.130 e. The molecule has 1 fully saturated rings. The van der Waals surface area contributed by atoms with Gasteiger partial charge < -0.3 is 10.6 Å². The molecule has 0 spiro atoms. The highest BCUT2D eigenvalue weighted by molar-refractivity contribution is 5.51. The molecule has 0 aromatic carbocycles. The van der Waals surface area contributed by atoms with Crippen molar-refractivity contribution in [3.05, 3.63) is 11.3 Å². The van der Waals surface area contributed by atoms with Crippen LogP contribution in [-0.2, 0) is 13.5 Å². The molecule has 0 bridgehead atoms. The molecule has 0 atom stereocenters. The second-order valence-corrected chi connectivity index (χ2v) is 5.93. The van der Waals surface area contributed by atoms with Crippen LogP contribution in [0.2, 0.25) is 0 Å². The van der Waals surface area contributed by atoms with Gasteiger partial charge >= 0.3 is 0 Å². The lowest BCUT2D eigenvalue weighted by molar-refractivity contribution is 0.301. The second-order valence-electron chi connectivity index (χ2n) is 5.93. The lowest BCUT2D eigenvalue weighted by Crippen LogP contribution is -2.28. The molecule has 1 aromatic rings. The lowest BCUT2D eigenvalue weighted by Gasteiger charge is -2.27. The van der Waals surface area contributed by atoms with E-state index in [1.54, 1.807) is 0 Å². The highest BCUT2D eigenvalue weighted by Crippen LogP contribution is 2.40. The van der Waals surface area contributed by atoms with Gasteiger partial charge in [-0.1, -0.05) is 13.8 Å². The summed E-state index contributed by atoms with van der Waals surface area (Å²) in [5.74, 6) is 1.30. The third-order valence-electron chi connectivity index (χ3n) is 4.95. The van der Waals surface area contributed by atoms with E-state index < -0.39 is 0 Å². The summed E-state index contributed by atoms with van der Waals surface area (Å²) in [6.45, 7) is 9.75. The normalized spacial score (nSPS) is 18.3. The summed E-state index contributed by atoms with van der Waals surface area (Å²) in [6, 6.07) is 0. The molecule has 19 heavy (non-hydrogen) atoms. The first kappa shape index (κ1) is 14.4. The number of hydrogen-bond donors (Lipinski definition) is 1. The molecule has 0 aliphatic carbocycles. The molecule has 4 heteroatoms. The fourth-order valence-electron chi connectivity index (χ4n) is 3.47. The van der Waals surface area contributed by atoms with Crippen LogP contribution in [0.1, 0.15) is 44.4 Å². The molecule has 2 N–H and O–H groups in total. The molecule has 108 valence electrons. The first-order valence-electron chi connectivity index (χ1n) is 7.54. The summed E-state index contributed by atoms with van der Waals surface area (Å²) in [6.07, 6.45) is 4.76. The fourth-order valence-corrected chi connectivity index (χ4v) is 3.47. The van der Waals surface area contributed by atoms with E-state index in [0.717, 1.165) is 25.2 Å². The average molecular weight is 264 g/mol. The third kappa shape index (κ3) is 2.50. The minimum atomic E-state index is 0.498.